The van der Waals surface area contributed by atoms with Gasteiger partial charge in [0.15, 0.2) is 0 Å². The molecule has 0 amide bonds. The summed E-state index contributed by atoms with van der Waals surface area (Å²) >= 11 is 0. The molecule has 0 atom stereocenters. The Balaban J connectivity index is 2.05. The van der Waals surface area contributed by atoms with Gasteiger partial charge in [0.05, 0.1) is 4.90 Å². The highest BCUT2D eigenvalue weighted by Crippen LogP contribution is 2.71. The van der Waals surface area contributed by atoms with Gasteiger partial charge in [-0.3, -0.25) is 0 Å². The van der Waals surface area contributed by atoms with Gasteiger partial charge >= 0.3 is 10.1 Å². The van der Waals surface area contributed by atoms with Crippen LogP contribution in [0.2, 0.25) is 0 Å². The number of aryl methyl sites for hydroxylation is 1. The number of benzene rings is 4. The minimum atomic E-state index is -4.21. The standard InChI is InChI=1S/C33H40N2O4S2/c1-25-15-19-30(20-16-25)41(36,37)39-40(31-13-9-11-26(23-31)34(5)6,32-14-10-12-27(24-32)35(7)8)29-21-17-28(18-22-29)38-33(2,3)4/h9-24H,1-8H3. The van der Waals surface area contributed by atoms with E-state index in [9.17, 15) is 8.42 Å². The zero-order valence-electron chi connectivity index (χ0n) is 25.1. The van der Waals surface area contributed by atoms with Gasteiger partial charge in [0, 0.05) is 54.3 Å². The Morgan fingerprint density at radius 3 is 1.51 bits per heavy atom. The Labute approximate surface area is 247 Å². The molecule has 0 saturated heterocycles. The van der Waals surface area contributed by atoms with Crippen molar-refractivity contribution in [1.82, 2.24) is 0 Å². The highest BCUT2D eigenvalue weighted by Gasteiger charge is 2.39. The smallest absolute Gasteiger partial charge is 0.307 e. The topological polar surface area (TPSA) is 59.1 Å². The van der Waals surface area contributed by atoms with Crippen LogP contribution in [0.4, 0.5) is 11.4 Å². The van der Waals surface area contributed by atoms with E-state index >= 15 is 0 Å². The molecule has 0 aromatic heterocycles. The summed E-state index contributed by atoms with van der Waals surface area (Å²) < 4.78 is 40.9. The molecule has 0 unspecified atom stereocenters. The maximum absolute atomic E-state index is 14.1. The summed E-state index contributed by atoms with van der Waals surface area (Å²) in [6.07, 6.45) is 0. The fourth-order valence-electron chi connectivity index (χ4n) is 4.34. The van der Waals surface area contributed by atoms with Gasteiger partial charge in [0.25, 0.3) is 0 Å². The maximum atomic E-state index is 14.1. The van der Waals surface area contributed by atoms with Crippen molar-refractivity contribution in [3.05, 3.63) is 103 Å². The van der Waals surface area contributed by atoms with Crippen molar-refractivity contribution in [2.75, 3.05) is 38.0 Å². The first-order valence-electron chi connectivity index (χ1n) is 13.4. The van der Waals surface area contributed by atoms with E-state index in [1.54, 1.807) is 24.3 Å². The molecule has 0 fully saturated rings. The largest absolute Gasteiger partial charge is 0.488 e. The van der Waals surface area contributed by atoms with Crippen molar-refractivity contribution < 1.29 is 16.8 Å². The van der Waals surface area contributed by atoms with Crippen molar-refractivity contribution in [3.63, 3.8) is 0 Å². The molecular weight excluding hydrogens is 553 g/mol. The molecule has 0 spiro atoms. The molecule has 8 heteroatoms. The van der Waals surface area contributed by atoms with Crippen LogP contribution in [0.1, 0.15) is 26.3 Å². The lowest BCUT2D eigenvalue weighted by Crippen LogP contribution is -2.22. The van der Waals surface area contributed by atoms with Crippen molar-refractivity contribution in [3.8, 4) is 5.75 Å². The fourth-order valence-corrected chi connectivity index (χ4v) is 9.59. The van der Waals surface area contributed by atoms with E-state index in [1.807, 2.05) is 138 Å². The van der Waals surface area contributed by atoms with Crippen LogP contribution in [-0.4, -0.2) is 42.2 Å². The van der Waals surface area contributed by atoms with Crippen molar-refractivity contribution in [2.45, 2.75) is 52.9 Å². The second kappa shape index (κ2) is 11.8. The number of anilines is 2. The molecule has 0 radical (unpaired) electrons. The molecule has 4 rings (SSSR count). The van der Waals surface area contributed by atoms with Crippen LogP contribution in [0.5, 0.6) is 5.75 Å². The van der Waals surface area contributed by atoms with Crippen LogP contribution in [-0.2, 0) is 13.7 Å². The van der Waals surface area contributed by atoms with Gasteiger partial charge in [-0.15, -0.1) is 0 Å². The normalized spacial score (nSPS) is 12.6. The van der Waals surface area contributed by atoms with Crippen LogP contribution >= 0.6 is 10.3 Å². The highest BCUT2D eigenvalue weighted by molar-refractivity contribution is 8.33. The summed E-state index contributed by atoms with van der Waals surface area (Å²) in [4.78, 5) is 6.37. The molecule has 6 nitrogen and oxygen atoms in total. The lowest BCUT2D eigenvalue weighted by molar-refractivity contribution is 0.131. The monoisotopic (exact) mass is 592 g/mol. The number of rotatable bonds is 9. The maximum Gasteiger partial charge on any atom is 0.307 e. The third-order valence-electron chi connectivity index (χ3n) is 6.41. The van der Waals surface area contributed by atoms with Crippen LogP contribution in [0.3, 0.4) is 0 Å². The third kappa shape index (κ3) is 6.89. The molecule has 218 valence electrons. The van der Waals surface area contributed by atoms with E-state index in [0.29, 0.717) is 5.75 Å². The van der Waals surface area contributed by atoms with Crippen LogP contribution in [0, 0.1) is 6.92 Å². The molecule has 0 aliphatic carbocycles. The van der Waals surface area contributed by atoms with E-state index in [-0.39, 0.29) is 10.5 Å². The molecule has 4 aromatic rings. The number of hydrogen-bond acceptors (Lipinski definition) is 6. The van der Waals surface area contributed by atoms with Gasteiger partial charge in [-0.25, -0.2) is 3.63 Å². The van der Waals surface area contributed by atoms with Crippen molar-refractivity contribution in [2.24, 2.45) is 0 Å². The third-order valence-corrected chi connectivity index (χ3v) is 11.6. The molecule has 0 saturated carbocycles. The quantitative estimate of drug-likeness (QED) is 0.197. The van der Waals surface area contributed by atoms with Crippen molar-refractivity contribution >= 4 is 31.8 Å². The Kier molecular flexibility index (Phi) is 8.78. The summed E-state index contributed by atoms with van der Waals surface area (Å²) in [5.41, 5.74) is 2.46. The van der Waals surface area contributed by atoms with E-state index < -0.39 is 20.4 Å². The lowest BCUT2D eigenvalue weighted by atomic mass is 10.2. The van der Waals surface area contributed by atoms with Gasteiger partial charge < -0.3 is 14.5 Å². The molecule has 0 N–H and O–H groups in total. The molecule has 0 aliphatic rings. The molecular formula is C33H40N2O4S2. The first-order chi connectivity index (χ1) is 19.2. The number of hydrogen-bond donors (Lipinski definition) is 0. The zero-order chi connectivity index (χ0) is 30.0. The molecule has 4 aromatic carbocycles. The second-order valence-corrected chi connectivity index (χ2v) is 15.8. The predicted octanol–water partition coefficient (Wildman–Crippen LogP) is 7.91. The lowest BCUT2D eigenvalue weighted by Gasteiger charge is -2.40. The summed E-state index contributed by atoms with van der Waals surface area (Å²) in [6, 6.07) is 30.2. The molecule has 0 heterocycles. The molecule has 41 heavy (non-hydrogen) atoms. The summed E-state index contributed by atoms with van der Waals surface area (Å²) in [7, 11) is 0.831. The average molecular weight is 593 g/mol. The Morgan fingerprint density at radius 2 is 1.07 bits per heavy atom. The number of ether oxygens (including phenoxy) is 1. The van der Waals surface area contributed by atoms with Gasteiger partial charge in [-0.2, -0.15) is 8.42 Å². The summed E-state index contributed by atoms with van der Waals surface area (Å²) in [5, 5.41) is 0. The first kappa shape index (κ1) is 30.5. The summed E-state index contributed by atoms with van der Waals surface area (Å²) in [5.74, 6) is 0.694. The van der Waals surface area contributed by atoms with Gasteiger partial charge in [-0.05, 0) is 111 Å². The average Bonchev–Trinajstić information content (AvgIpc) is 2.92. The van der Waals surface area contributed by atoms with Gasteiger partial charge in [0.1, 0.15) is 11.4 Å². The predicted molar refractivity (Wildman–Crippen MR) is 170 cm³/mol. The minimum absolute atomic E-state index is 0.111. The van der Waals surface area contributed by atoms with Gasteiger partial charge in [-0.1, -0.05) is 29.8 Å². The van der Waals surface area contributed by atoms with E-state index in [2.05, 4.69) is 0 Å². The minimum Gasteiger partial charge on any atom is -0.488 e. The Morgan fingerprint density at radius 1 is 0.610 bits per heavy atom. The zero-order valence-corrected chi connectivity index (χ0v) is 26.7. The Hall–Kier alpha value is -3.46. The molecule has 0 aliphatic heterocycles. The molecule has 0 bridgehead atoms. The fraction of sp³-hybridized carbons (Fsp3) is 0.273. The SMILES string of the molecule is Cc1ccc(S(=O)(=O)OS(c2ccc(OC(C)(C)C)cc2)(c2cccc(N(C)C)c2)c2cccc(N(C)C)c2)cc1. The second-order valence-electron chi connectivity index (χ2n) is 11.4. The van der Waals surface area contributed by atoms with Crippen LogP contribution < -0.4 is 14.5 Å². The number of nitrogens with zero attached hydrogens (tertiary/aromatic N) is 2. The highest BCUT2D eigenvalue weighted by atomic mass is 32.3. The van der Waals surface area contributed by atoms with E-state index in [0.717, 1.165) is 31.6 Å². The Bertz CT molecular complexity index is 1540. The summed E-state index contributed by atoms with van der Waals surface area (Å²) in [6.45, 7) is 7.90. The van der Waals surface area contributed by atoms with E-state index in [1.165, 1.54) is 0 Å². The van der Waals surface area contributed by atoms with E-state index in [4.69, 9.17) is 8.37 Å². The van der Waals surface area contributed by atoms with Crippen molar-refractivity contribution in [1.29, 1.82) is 0 Å². The van der Waals surface area contributed by atoms with Crippen LogP contribution in [0.25, 0.3) is 0 Å². The first-order valence-corrected chi connectivity index (χ1v) is 16.4. The van der Waals surface area contributed by atoms with Crippen LogP contribution in [0.15, 0.2) is 117 Å². The van der Waals surface area contributed by atoms with Gasteiger partial charge in [0.2, 0.25) is 0 Å².